The van der Waals surface area contributed by atoms with Crippen molar-refractivity contribution in [1.82, 2.24) is 9.78 Å². The highest BCUT2D eigenvalue weighted by Crippen LogP contribution is 2.22. The highest BCUT2D eigenvalue weighted by atomic mass is 35.5. The predicted octanol–water partition coefficient (Wildman–Crippen LogP) is 3.90. The molecule has 2 nitrogen and oxygen atoms in total. The maximum atomic E-state index is 13.2. The molecule has 1 aromatic heterocycles. The lowest BCUT2D eigenvalue weighted by atomic mass is 10.2. The Labute approximate surface area is 109 Å². The zero-order valence-corrected chi connectivity index (χ0v) is 10.2. The highest BCUT2D eigenvalue weighted by molar-refractivity contribution is 6.17. The number of hydrogen-bond donors (Lipinski definition) is 0. The minimum absolute atomic E-state index is 0.251. The Morgan fingerprint density at radius 2 is 2.00 bits per heavy atom. The number of para-hydroxylation sites is 1. The molecule has 0 radical (unpaired) electrons. The van der Waals surface area contributed by atoms with Crippen molar-refractivity contribution in [1.29, 1.82) is 0 Å². The van der Waals surface area contributed by atoms with Crippen LogP contribution in [-0.2, 0) is 5.88 Å². The van der Waals surface area contributed by atoms with Gasteiger partial charge in [-0.05, 0) is 29.8 Å². The van der Waals surface area contributed by atoms with Crippen LogP contribution in [0.25, 0.3) is 16.6 Å². The zero-order valence-electron chi connectivity index (χ0n) is 9.48. The van der Waals surface area contributed by atoms with Crippen LogP contribution in [0, 0.1) is 5.82 Å². The van der Waals surface area contributed by atoms with Crippen LogP contribution in [0.3, 0.4) is 0 Å². The van der Waals surface area contributed by atoms with Gasteiger partial charge in [0.05, 0.1) is 17.4 Å². The van der Waals surface area contributed by atoms with Crippen molar-refractivity contribution < 1.29 is 4.39 Å². The third kappa shape index (κ3) is 1.77. The predicted molar refractivity (Wildman–Crippen MR) is 70.6 cm³/mol. The molecule has 18 heavy (non-hydrogen) atoms. The molecule has 0 amide bonds. The minimum atomic E-state index is -0.286. The second-order valence-electron chi connectivity index (χ2n) is 4.02. The van der Waals surface area contributed by atoms with Crippen LogP contribution < -0.4 is 0 Å². The van der Waals surface area contributed by atoms with Gasteiger partial charge >= 0.3 is 0 Å². The first kappa shape index (κ1) is 11.2. The summed E-state index contributed by atoms with van der Waals surface area (Å²) < 4.78 is 15.0. The molecule has 0 aliphatic heterocycles. The van der Waals surface area contributed by atoms with Crippen LogP contribution in [0.1, 0.15) is 5.56 Å². The van der Waals surface area contributed by atoms with E-state index in [4.69, 9.17) is 11.6 Å². The van der Waals surface area contributed by atoms with Crippen molar-refractivity contribution in [2.45, 2.75) is 5.88 Å². The van der Waals surface area contributed by atoms with Gasteiger partial charge in [0, 0.05) is 11.3 Å². The summed E-state index contributed by atoms with van der Waals surface area (Å²) >= 11 is 5.86. The molecule has 0 aliphatic carbocycles. The maximum absolute atomic E-state index is 13.2. The molecular weight excluding hydrogens is 251 g/mol. The van der Waals surface area contributed by atoms with E-state index in [1.807, 2.05) is 24.3 Å². The van der Waals surface area contributed by atoms with E-state index in [0.29, 0.717) is 0 Å². The Kier molecular flexibility index (Phi) is 2.76. The summed E-state index contributed by atoms with van der Waals surface area (Å²) in [6, 6.07) is 12.4. The lowest BCUT2D eigenvalue weighted by molar-refractivity contribution is 0.625. The molecular formula is C14H10ClFN2. The molecule has 0 saturated carbocycles. The van der Waals surface area contributed by atoms with E-state index < -0.39 is 0 Å². The zero-order chi connectivity index (χ0) is 12.5. The number of alkyl halides is 1. The number of fused-ring (bicyclic) bond motifs is 1. The standard InChI is InChI=1S/C14H10ClFN2/c15-8-11-7-12(16)5-6-14(11)18-13-4-2-1-3-10(13)9-17-18/h1-7,9H,8H2. The molecule has 2 aromatic carbocycles. The highest BCUT2D eigenvalue weighted by Gasteiger charge is 2.09. The fourth-order valence-electron chi connectivity index (χ4n) is 2.03. The summed E-state index contributed by atoms with van der Waals surface area (Å²) in [5.41, 5.74) is 2.52. The number of benzene rings is 2. The summed E-state index contributed by atoms with van der Waals surface area (Å²) in [6.07, 6.45) is 1.79. The second kappa shape index (κ2) is 4.42. The molecule has 0 unspecified atom stereocenters. The molecule has 0 bridgehead atoms. The van der Waals surface area contributed by atoms with Crippen molar-refractivity contribution in [2.24, 2.45) is 0 Å². The van der Waals surface area contributed by atoms with E-state index in [1.165, 1.54) is 12.1 Å². The fraction of sp³-hybridized carbons (Fsp3) is 0.0714. The quantitative estimate of drug-likeness (QED) is 0.639. The van der Waals surface area contributed by atoms with Gasteiger partial charge < -0.3 is 0 Å². The van der Waals surface area contributed by atoms with E-state index >= 15 is 0 Å². The fourth-order valence-corrected chi connectivity index (χ4v) is 2.25. The number of nitrogens with zero attached hydrogens (tertiary/aromatic N) is 2. The van der Waals surface area contributed by atoms with Gasteiger partial charge in [0.1, 0.15) is 5.82 Å². The summed E-state index contributed by atoms with van der Waals surface area (Å²) in [5, 5.41) is 5.38. The summed E-state index contributed by atoms with van der Waals surface area (Å²) in [6.45, 7) is 0. The van der Waals surface area contributed by atoms with Crippen LogP contribution in [-0.4, -0.2) is 9.78 Å². The molecule has 0 fully saturated rings. The Morgan fingerprint density at radius 1 is 1.17 bits per heavy atom. The Balaban J connectivity index is 2.26. The van der Waals surface area contributed by atoms with Gasteiger partial charge in [-0.2, -0.15) is 5.10 Å². The molecule has 0 saturated heterocycles. The first-order valence-electron chi connectivity index (χ1n) is 5.57. The van der Waals surface area contributed by atoms with Crippen molar-refractivity contribution in [2.75, 3.05) is 0 Å². The summed E-state index contributed by atoms with van der Waals surface area (Å²) in [5.74, 6) is -0.0350. The largest absolute Gasteiger partial charge is 0.233 e. The van der Waals surface area contributed by atoms with Crippen LogP contribution >= 0.6 is 11.6 Å². The number of rotatable bonds is 2. The smallest absolute Gasteiger partial charge is 0.123 e. The second-order valence-corrected chi connectivity index (χ2v) is 4.29. The van der Waals surface area contributed by atoms with Gasteiger partial charge in [0.15, 0.2) is 0 Å². The van der Waals surface area contributed by atoms with E-state index in [9.17, 15) is 4.39 Å². The van der Waals surface area contributed by atoms with Crippen LogP contribution in [0.15, 0.2) is 48.7 Å². The normalized spacial score (nSPS) is 11.0. The molecule has 0 N–H and O–H groups in total. The van der Waals surface area contributed by atoms with Crippen LogP contribution in [0.5, 0.6) is 0 Å². The van der Waals surface area contributed by atoms with Crippen LogP contribution in [0.2, 0.25) is 0 Å². The van der Waals surface area contributed by atoms with Gasteiger partial charge in [-0.25, -0.2) is 9.07 Å². The maximum Gasteiger partial charge on any atom is 0.123 e. The SMILES string of the molecule is Fc1ccc(-n2ncc3ccccc32)c(CCl)c1. The minimum Gasteiger partial charge on any atom is -0.233 e. The summed E-state index contributed by atoms with van der Waals surface area (Å²) in [4.78, 5) is 0. The Bertz CT molecular complexity index is 706. The van der Waals surface area contributed by atoms with Crippen molar-refractivity contribution in [3.8, 4) is 5.69 Å². The number of hydrogen-bond acceptors (Lipinski definition) is 1. The Morgan fingerprint density at radius 3 is 2.83 bits per heavy atom. The lowest BCUT2D eigenvalue weighted by Gasteiger charge is -2.08. The molecule has 4 heteroatoms. The number of halogens is 2. The molecule has 0 atom stereocenters. The van der Waals surface area contributed by atoms with E-state index in [-0.39, 0.29) is 11.7 Å². The van der Waals surface area contributed by atoms with E-state index in [1.54, 1.807) is 16.9 Å². The molecule has 90 valence electrons. The first-order valence-corrected chi connectivity index (χ1v) is 6.10. The van der Waals surface area contributed by atoms with E-state index in [2.05, 4.69) is 5.10 Å². The average molecular weight is 261 g/mol. The first-order chi connectivity index (χ1) is 8.79. The number of aromatic nitrogens is 2. The molecule has 1 heterocycles. The van der Waals surface area contributed by atoms with Crippen molar-refractivity contribution in [3.05, 3.63) is 60.0 Å². The third-order valence-electron chi connectivity index (χ3n) is 2.89. The summed E-state index contributed by atoms with van der Waals surface area (Å²) in [7, 11) is 0. The average Bonchev–Trinajstić information content (AvgIpc) is 2.82. The van der Waals surface area contributed by atoms with Gasteiger partial charge in [-0.15, -0.1) is 11.6 Å². The van der Waals surface area contributed by atoms with Crippen molar-refractivity contribution >= 4 is 22.5 Å². The van der Waals surface area contributed by atoms with Gasteiger partial charge in [0.25, 0.3) is 0 Å². The third-order valence-corrected chi connectivity index (χ3v) is 3.18. The van der Waals surface area contributed by atoms with Gasteiger partial charge in [0.2, 0.25) is 0 Å². The Hall–Kier alpha value is -1.87. The molecule has 3 aromatic rings. The molecule has 3 rings (SSSR count). The topological polar surface area (TPSA) is 17.8 Å². The monoisotopic (exact) mass is 260 g/mol. The van der Waals surface area contributed by atoms with E-state index in [0.717, 1.165) is 22.2 Å². The lowest BCUT2D eigenvalue weighted by Crippen LogP contribution is -2.00. The molecule has 0 spiro atoms. The van der Waals surface area contributed by atoms with Gasteiger partial charge in [-0.3, -0.25) is 0 Å². The molecule has 0 aliphatic rings. The van der Waals surface area contributed by atoms with Crippen molar-refractivity contribution in [3.63, 3.8) is 0 Å². The van der Waals surface area contributed by atoms with Crippen LogP contribution in [0.4, 0.5) is 4.39 Å². The van der Waals surface area contributed by atoms with Gasteiger partial charge in [-0.1, -0.05) is 18.2 Å².